The molecule has 0 amide bonds. The standard InChI is InChI=1S/C28H31NO5S/c1-32-24-11-10-21(16-25(24)34-23-4-2-3-5-23)26-17-22(18-29-12-14-33-15-13-29)27(35-26)19-6-8-20(9-7-19)28(30)31/h6-11,16-17,23H,2-5,12-15,18H2,1H3,(H,30,31). The van der Waals surface area contributed by atoms with E-state index >= 15 is 0 Å². The topological polar surface area (TPSA) is 68.2 Å². The lowest BCUT2D eigenvalue weighted by Crippen LogP contribution is -2.35. The number of hydrogen-bond donors (Lipinski definition) is 1. The van der Waals surface area contributed by atoms with Crippen molar-refractivity contribution in [3.05, 3.63) is 59.7 Å². The van der Waals surface area contributed by atoms with Crippen molar-refractivity contribution in [3.8, 4) is 32.4 Å². The Morgan fingerprint density at radius 2 is 1.74 bits per heavy atom. The minimum absolute atomic E-state index is 0.252. The molecule has 2 heterocycles. The van der Waals surface area contributed by atoms with E-state index in [0.29, 0.717) is 5.56 Å². The molecule has 0 atom stereocenters. The second-order valence-electron chi connectivity index (χ2n) is 9.13. The summed E-state index contributed by atoms with van der Waals surface area (Å²) in [5, 5.41) is 9.30. The maximum Gasteiger partial charge on any atom is 0.335 e. The van der Waals surface area contributed by atoms with Crippen LogP contribution in [0.4, 0.5) is 0 Å². The number of morpholine rings is 1. The van der Waals surface area contributed by atoms with Crippen LogP contribution in [0.1, 0.15) is 41.6 Å². The SMILES string of the molecule is COc1ccc(-c2cc(CN3CCOCC3)c(-c3ccc(C(=O)O)cc3)s2)cc1OC1CCCC1. The zero-order valence-corrected chi connectivity index (χ0v) is 20.8. The van der Waals surface area contributed by atoms with Gasteiger partial charge in [-0.1, -0.05) is 12.1 Å². The Hall–Kier alpha value is -2.87. The fourth-order valence-corrected chi connectivity index (χ4v) is 5.98. The Morgan fingerprint density at radius 1 is 1.03 bits per heavy atom. The van der Waals surface area contributed by atoms with Crippen LogP contribution in [0, 0.1) is 0 Å². The predicted molar refractivity (Wildman–Crippen MR) is 138 cm³/mol. The van der Waals surface area contributed by atoms with E-state index in [4.69, 9.17) is 14.2 Å². The first-order valence-electron chi connectivity index (χ1n) is 12.2. The van der Waals surface area contributed by atoms with E-state index in [2.05, 4.69) is 23.1 Å². The van der Waals surface area contributed by atoms with Crippen molar-refractivity contribution in [1.29, 1.82) is 0 Å². The fraction of sp³-hybridized carbons (Fsp3) is 0.393. The lowest BCUT2D eigenvalue weighted by molar-refractivity contribution is 0.0343. The third-order valence-electron chi connectivity index (χ3n) is 6.74. The summed E-state index contributed by atoms with van der Waals surface area (Å²) in [6.07, 6.45) is 4.86. The zero-order chi connectivity index (χ0) is 24.2. The quantitative estimate of drug-likeness (QED) is 0.419. The molecule has 1 aliphatic heterocycles. The van der Waals surface area contributed by atoms with Crippen LogP contribution in [0.2, 0.25) is 0 Å². The molecule has 2 aliphatic rings. The van der Waals surface area contributed by atoms with Crippen LogP contribution in [0.25, 0.3) is 20.9 Å². The first-order chi connectivity index (χ1) is 17.1. The molecular formula is C28H31NO5S. The van der Waals surface area contributed by atoms with Gasteiger partial charge in [0.25, 0.3) is 0 Å². The Bertz CT molecular complexity index is 1160. The largest absolute Gasteiger partial charge is 0.493 e. The van der Waals surface area contributed by atoms with Crippen molar-refractivity contribution in [2.45, 2.75) is 38.3 Å². The van der Waals surface area contributed by atoms with Crippen LogP contribution < -0.4 is 9.47 Å². The van der Waals surface area contributed by atoms with Crippen LogP contribution in [0.3, 0.4) is 0 Å². The van der Waals surface area contributed by atoms with Crippen molar-refractivity contribution in [2.24, 2.45) is 0 Å². The van der Waals surface area contributed by atoms with Gasteiger partial charge in [0.2, 0.25) is 0 Å². The number of nitrogens with zero attached hydrogens (tertiary/aromatic N) is 1. The number of thiophene rings is 1. The molecule has 6 nitrogen and oxygen atoms in total. The Kier molecular flexibility index (Phi) is 7.37. The number of aromatic carboxylic acids is 1. The molecule has 0 unspecified atom stereocenters. The van der Waals surface area contributed by atoms with Crippen LogP contribution >= 0.6 is 11.3 Å². The maximum atomic E-state index is 11.3. The number of carboxylic acids is 1. The zero-order valence-electron chi connectivity index (χ0n) is 20.0. The molecule has 1 aliphatic carbocycles. The fourth-order valence-electron chi connectivity index (χ4n) is 4.80. The van der Waals surface area contributed by atoms with E-state index in [1.54, 1.807) is 30.6 Å². The number of benzene rings is 2. The van der Waals surface area contributed by atoms with Crippen molar-refractivity contribution >= 4 is 17.3 Å². The predicted octanol–water partition coefficient (Wildman–Crippen LogP) is 5.94. The third-order valence-corrected chi connectivity index (χ3v) is 8.02. The van der Waals surface area contributed by atoms with Crippen LogP contribution in [-0.2, 0) is 11.3 Å². The van der Waals surface area contributed by atoms with Crippen LogP contribution in [-0.4, -0.2) is 55.5 Å². The van der Waals surface area contributed by atoms with E-state index in [1.165, 1.54) is 18.4 Å². The van der Waals surface area contributed by atoms with Crippen LogP contribution in [0.15, 0.2) is 48.5 Å². The number of ether oxygens (including phenoxy) is 3. The Morgan fingerprint density at radius 3 is 2.43 bits per heavy atom. The highest BCUT2D eigenvalue weighted by Gasteiger charge is 2.21. The number of carbonyl (C=O) groups is 1. The molecule has 0 spiro atoms. The average Bonchev–Trinajstić information content (AvgIpc) is 3.55. The van der Waals surface area contributed by atoms with Crippen molar-refractivity contribution in [1.82, 2.24) is 4.90 Å². The first-order valence-corrected chi connectivity index (χ1v) is 13.0. The summed E-state index contributed by atoms with van der Waals surface area (Å²) in [5.74, 6) is 0.646. The third kappa shape index (κ3) is 5.53. The van der Waals surface area contributed by atoms with Crippen molar-refractivity contribution in [2.75, 3.05) is 33.4 Å². The molecular weight excluding hydrogens is 462 g/mol. The van der Waals surface area contributed by atoms with E-state index in [1.807, 2.05) is 18.2 Å². The van der Waals surface area contributed by atoms with Gasteiger partial charge in [0, 0.05) is 29.4 Å². The smallest absolute Gasteiger partial charge is 0.335 e. The van der Waals surface area contributed by atoms with E-state index in [9.17, 15) is 9.90 Å². The highest BCUT2D eigenvalue weighted by molar-refractivity contribution is 7.19. The molecule has 5 rings (SSSR count). The van der Waals surface area contributed by atoms with Gasteiger partial charge in [0.15, 0.2) is 11.5 Å². The molecule has 7 heteroatoms. The van der Waals surface area contributed by atoms with Crippen molar-refractivity contribution < 1.29 is 24.1 Å². The monoisotopic (exact) mass is 493 g/mol. The van der Waals surface area contributed by atoms with Gasteiger partial charge >= 0.3 is 5.97 Å². The molecule has 0 bridgehead atoms. The number of carboxylic acid groups (broad SMARTS) is 1. The second kappa shape index (κ2) is 10.8. The molecule has 1 saturated carbocycles. The minimum atomic E-state index is -0.912. The summed E-state index contributed by atoms with van der Waals surface area (Å²) in [6, 6.07) is 15.6. The average molecular weight is 494 g/mol. The summed E-state index contributed by atoms with van der Waals surface area (Å²) in [6.45, 7) is 4.15. The normalized spacial score (nSPS) is 16.9. The highest BCUT2D eigenvalue weighted by Crippen LogP contribution is 2.42. The Labute approximate surface area is 210 Å². The molecule has 1 saturated heterocycles. The van der Waals surface area contributed by atoms with Gasteiger partial charge < -0.3 is 19.3 Å². The molecule has 3 aromatic rings. The summed E-state index contributed by atoms with van der Waals surface area (Å²) >= 11 is 1.73. The molecule has 1 N–H and O–H groups in total. The summed E-state index contributed by atoms with van der Waals surface area (Å²) in [4.78, 5) is 16.1. The van der Waals surface area contributed by atoms with E-state index < -0.39 is 5.97 Å². The van der Waals surface area contributed by atoms with Gasteiger partial charge in [-0.25, -0.2) is 4.79 Å². The van der Waals surface area contributed by atoms with Gasteiger partial charge in [0.1, 0.15) is 0 Å². The van der Waals surface area contributed by atoms with Gasteiger partial charge in [0.05, 0.1) is 32.0 Å². The lowest BCUT2D eigenvalue weighted by Gasteiger charge is -2.26. The molecule has 35 heavy (non-hydrogen) atoms. The van der Waals surface area contributed by atoms with Gasteiger partial charge in [-0.05, 0) is 78.8 Å². The van der Waals surface area contributed by atoms with E-state index in [0.717, 1.165) is 78.1 Å². The molecule has 184 valence electrons. The van der Waals surface area contributed by atoms with Crippen molar-refractivity contribution in [3.63, 3.8) is 0 Å². The molecule has 0 radical (unpaired) electrons. The second-order valence-corrected chi connectivity index (χ2v) is 10.2. The lowest BCUT2D eigenvalue weighted by atomic mass is 10.1. The maximum absolute atomic E-state index is 11.3. The van der Waals surface area contributed by atoms with Gasteiger partial charge in [-0.3, -0.25) is 4.90 Å². The summed E-state index contributed by atoms with van der Waals surface area (Å²) in [7, 11) is 1.68. The van der Waals surface area contributed by atoms with Crippen LogP contribution in [0.5, 0.6) is 11.5 Å². The minimum Gasteiger partial charge on any atom is -0.493 e. The molecule has 1 aromatic heterocycles. The van der Waals surface area contributed by atoms with Gasteiger partial charge in [-0.15, -0.1) is 11.3 Å². The first kappa shape index (κ1) is 23.9. The number of methoxy groups -OCH3 is 1. The molecule has 2 aromatic carbocycles. The highest BCUT2D eigenvalue weighted by atomic mass is 32.1. The van der Waals surface area contributed by atoms with E-state index in [-0.39, 0.29) is 6.10 Å². The molecule has 2 fully saturated rings. The number of rotatable bonds is 8. The Balaban J connectivity index is 1.49. The number of hydrogen-bond acceptors (Lipinski definition) is 6. The van der Waals surface area contributed by atoms with Gasteiger partial charge in [-0.2, -0.15) is 0 Å². The summed E-state index contributed by atoms with van der Waals surface area (Å²) in [5.41, 5.74) is 3.67. The summed E-state index contributed by atoms with van der Waals surface area (Å²) < 4.78 is 17.5.